The van der Waals surface area contributed by atoms with Crippen LogP contribution in [0.4, 0.5) is 10.8 Å². The Morgan fingerprint density at radius 3 is 2.81 bits per heavy atom. The van der Waals surface area contributed by atoms with Crippen LogP contribution in [0.5, 0.6) is 0 Å². The largest absolute Gasteiger partial charge is 0.348 e. The molecule has 138 valence electrons. The Labute approximate surface area is 157 Å². The first-order valence-electron chi connectivity index (χ1n) is 8.85. The average Bonchev–Trinajstić information content (AvgIpc) is 3.25. The lowest BCUT2D eigenvalue weighted by Gasteiger charge is -2.18. The van der Waals surface area contributed by atoms with Gasteiger partial charge in [0, 0.05) is 18.3 Å². The Morgan fingerprint density at radius 2 is 2.15 bits per heavy atom. The smallest absolute Gasteiger partial charge is 0.275 e. The van der Waals surface area contributed by atoms with Crippen LogP contribution in [0, 0.1) is 6.92 Å². The van der Waals surface area contributed by atoms with Gasteiger partial charge < -0.3 is 10.2 Å². The van der Waals surface area contributed by atoms with Crippen molar-refractivity contribution in [3.63, 3.8) is 0 Å². The van der Waals surface area contributed by atoms with E-state index in [9.17, 15) is 9.59 Å². The number of likely N-dealkylation sites (N-methyl/N-ethyl adjacent to an activating group) is 1. The SMILES string of the molecule is CC(=O)N(c1cccc(C)c1)c1nc(C[NH+](C)CC(=O)NC2CC2)cs1. The number of amides is 2. The normalized spacial score (nSPS) is 14.7. The van der Waals surface area contributed by atoms with Crippen molar-refractivity contribution in [2.24, 2.45) is 0 Å². The van der Waals surface area contributed by atoms with Crippen molar-refractivity contribution >= 4 is 34.0 Å². The first-order valence-corrected chi connectivity index (χ1v) is 9.73. The molecule has 1 atom stereocenters. The first kappa shape index (κ1) is 18.5. The summed E-state index contributed by atoms with van der Waals surface area (Å²) in [6.45, 7) is 4.62. The number of benzene rings is 1. The molecule has 1 saturated carbocycles. The van der Waals surface area contributed by atoms with E-state index >= 15 is 0 Å². The number of quaternary nitrogens is 1. The summed E-state index contributed by atoms with van der Waals surface area (Å²) in [5, 5.41) is 5.63. The molecule has 0 saturated heterocycles. The van der Waals surface area contributed by atoms with E-state index in [-0.39, 0.29) is 11.8 Å². The summed E-state index contributed by atoms with van der Waals surface area (Å²) in [7, 11) is 1.98. The Hall–Kier alpha value is -2.25. The van der Waals surface area contributed by atoms with Crippen molar-refractivity contribution in [3.05, 3.63) is 40.9 Å². The van der Waals surface area contributed by atoms with Gasteiger partial charge in [-0.25, -0.2) is 4.98 Å². The molecule has 1 aromatic heterocycles. The molecule has 6 nitrogen and oxygen atoms in total. The molecule has 0 aliphatic heterocycles. The Morgan fingerprint density at radius 1 is 1.38 bits per heavy atom. The van der Waals surface area contributed by atoms with Crippen molar-refractivity contribution in [2.45, 2.75) is 39.3 Å². The van der Waals surface area contributed by atoms with Crippen LogP contribution in [0.2, 0.25) is 0 Å². The molecule has 0 spiro atoms. The molecular formula is C19H25N4O2S+. The highest BCUT2D eigenvalue weighted by Crippen LogP contribution is 2.29. The average molecular weight is 374 g/mol. The number of rotatable bonds is 7. The van der Waals surface area contributed by atoms with Crippen LogP contribution in [0.3, 0.4) is 0 Å². The summed E-state index contributed by atoms with van der Waals surface area (Å²) in [5.41, 5.74) is 2.81. The molecule has 1 unspecified atom stereocenters. The lowest BCUT2D eigenvalue weighted by molar-refractivity contribution is -0.885. The summed E-state index contributed by atoms with van der Waals surface area (Å²) in [4.78, 5) is 31.4. The fourth-order valence-electron chi connectivity index (χ4n) is 2.83. The zero-order valence-corrected chi connectivity index (χ0v) is 16.2. The molecule has 2 aromatic rings. The Bertz CT molecular complexity index is 800. The molecule has 2 amide bonds. The lowest BCUT2D eigenvalue weighted by atomic mass is 10.2. The van der Waals surface area contributed by atoms with Crippen LogP contribution in [0.15, 0.2) is 29.6 Å². The molecule has 0 bridgehead atoms. The molecule has 1 heterocycles. The van der Waals surface area contributed by atoms with Gasteiger partial charge in [-0.15, -0.1) is 11.3 Å². The van der Waals surface area contributed by atoms with E-state index in [1.807, 2.05) is 43.6 Å². The minimum absolute atomic E-state index is 0.0685. The van der Waals surface area contributed by atoms with Crippen molar-refractivity contribution in [1.29, 1.82) is 0 Å². The number of thiazole rings is 1. The van der Waals surface area contributed by atoms with E-state index in [0.29, 0.717) is 24.3 Å². The predicted octanol–water partition coefficient (Wildman–Crippen LogP) is 1.43. The number of anilines is 2. The molecule has 1 fully saturated rings. The molecule has 1 aromatic carbocycles. The van der Waals surface area contributed by atoms with Gasteiger partial charge in [0.1, 0.15) is 12.2 Å². The zero-order valence-electron chi connectivity index (χ0n) is 15.4. The molecule has 2 N–H and O–H groups in total. The summed E-state index contributed by atoms with van der Waals surface area (Å²) >= 11 is 1.45. The van der Waals surface area contributed by atoms with E-state index in [1.165, 1.54) is 11.3 Å². The van der Waals surface area contributed by atoms with Gasteiger partial charge in [0.25, 0.3) is 5.91 Å². The number of hydrogen-bond donors (Lipinski definition) is 2. The van der Waals surface area contributed by atoms with Crippen molar-refractivity contribution in [1.82, 2.24) is 10.3 Å². The van der Waals surface area contributed by atoms with E-state index in [4.69, 9.17) is 0 Å². The zero-order chi connectivity index (χ0) is 18.7. The molecule has 7 heteroatoms. The fraction of sp³-hybridized carbons (Fsp3) is 0.421. The van der Waals surface area contributed by atoms with E-state index in [0.717, 1.165) is 34.7 Å². The number of nitrogens with zero attached hydrogens (tertiary/aromatic N) is 2. The van der Waals surface area contributed by atoms with E-state index < -0.39 is 0 Å². The van der Waals surface area contributed by atoms with Gasteiger partial charge in [0.05, 0.1) is 12.7 Å². The first-order chi connectivity index (χ1) is 12.4. The number of nitrogens with one attached hydrogen (secondary N) is 2. The molecule has 26 heavy (non-hydrogen) atoms. The molecule has 0 radical (unpaired) electrons. The number of carbonyl (C=O) groups excluding carboxylic acids is 2. The highest BCUT2D eigenvalue weighted by molar-refractivity contribution is 7.14. The van der Waals surface area contributed by atoms with Gasteiger partial charge in [0.15, 0.2) is 11.7 Å². The monoisotopic (exact) mass is 373 g/mol. The second-order valence-electron chi connectivity index (χ2n) is 6.97. The maximum absolute atomic E-state index is 12.2. The van der Waals surface area contributed by atoms with E-state index in [2.05, 4.69) is 10.3 Å². The lowest BCUT2D eigenvalue weighted by Crippen LogP contribution is -3.09. The van der Waals surface area contributed by atoms with Crippen LogP contribution < -0.4 is 15.1 Å². The number of carbonyl (C=O) groups is 2. The Balaban J connectivity index is 1.66. The third-order valence-electron chi connectivity index (χ3n) is 4.19. The minimum Gasteiger partial charge on any atom is -0.348 e. The highest BCUT2D eigenvalue weighted by atomic mass is 32.1. The summed E-state index contributed by atoms with van der Waals surface area (Å²) in [5.74, 6) is 0.0200. The van der Waals surface area contributed by atoms with Gasteiger partial charge in [-0.2, -0.15) is 0 Å². The topological polar surface area (TPSA) is 66.7 Å². The van der Waals surface area contributed by atoms with Crippen molar-refractivity contribution in [3.8, 4) is 0 Å². The second-order valence-corrected chi connectivity index (χ2v) is 7.80. The van der Waals surface area contributed by atoms with Gasteiger partial charge in [-0.05, 0) is 37.5 Å². The van der Waals surface area contributed by atoms with Crippen molar-refractivity contribution in [2.75, 3.05) is 18.5 Å². The fourth-order valence-corrected chi connectivity index (χ4v) is 3.71. The molecule has 1 aliphatic rings. The van der Waals surface area contributed by atoms with Gasteiger partial charge >= 0.3 is 0 Å². The quantitative estimate of drug-likeness (QED) is 0.772. The summed E-state index contributed by atoms with van der Waals surface area (Å²) in [6.07, 6.45) is 2.19. The molecular weight excluding hydrogens is 348 g/mol. The summed E-state index contributed by atoms with van der Waals surface area (Å²) < 4.78 is 0. The van der Waals surface area contributed by atoms with Gasteiger partial charge in [0.2, 0.25) is 5.91 Å². The molecule has 3 rings (SSSR count). The highest BCUT2D eigenvalue weighted by Gasteiger charge is 2.25. The number of aryl methyl sites for hydroxylation is 1. The van der Waals surface area contributed by atoms with E-state index in [1.54, 1.807) is 11.8 Å². The van der Waals surface area contributed by atoms with Crippen LogP contribution in [-0.4, -0.2) is 36.4 Å². The third-order valence-corrected chi connectivity index (χ3v) is 5.07. The maximum Gasteiger partial charge on any atom is 0.275 e. The van der Waals surface area contributed by atoms with Crippen LogP contribution in [-0.2, 0) is 16.1 Å². The van der Waals surface area contributed by atoms with Crippen LogP contribution in [0.25, 0.3) is 0 Å². The summed E-state index contributed by atoms with van der Waals surface area (Å²) in [6, 6.07) is 8.21. The Kier molecular flexibility index (Phi) is 5.68. The van der Waals surface area contributed by atoms with Gasteiger partial charge in [-0.3, -0.25) is 14.5 Å². The van der Waals surface area contributed by atoms with Crippen molar-refractivity contribution < 1.29 is 14.5 Å². The third kappa shape index (κ3) is 4.89. The minimum atomic E-state index is -0.0685. The molecule has 1 aliphatic carbocycles. The second kappa shape index (κ2) is 7.97. The maximum atomic E-state index is 12.2. The van der Waals surface area contributed by atoms with Gasteiger partial charge in [-0.1, -0.05) is 12.1 Å². The standard InChI is InChI=1S/C19H24N4O2S/c1-13-5-4-6-17(9-13)23(14(2)24)19-21-16(12-26-19)10-22(3)11-18(25)20-15-7-8-15/h4-6,9,12,15H,7-8,10-11H2,1-3H3,(H,20,25)/p+1. The van der Waals surface area contributed by atoms with Crippen LogP contribution >= 0.6 is 11.3 Å². The number of aromatic nitrogens is 1. The predicted molar refractivity (Wildman–Crippen MR) is 103 cm³/mol. The van der Waals surface area contributed by atoms with Crippen LogP contribution in [0.1, 0.15) is 31.0 Å². The number of hydrogen-bond acceptors (Lipinski definition) is 4.